The number of nitrogens with one attached hydrogen (secondary N) is 2. The second kappa shape index (κ2) is 6.98. The Hall–Kier alpha value is -1.45. The normalized spacial score (nSPS) is 20.5. The maximum atomic E-state index is 12.5. The Balaban J connectivity index is 2.09. The lowest BCUT2D eigenvalue weighted by Crippen LogP contribution is -2.53. The highest BCUT2D eigenvalue weighted by molar-refractivity contribution is 7.89. The molecule has 0 aromatic carbocycles. The zero-order valence-corrected chi connectivity index (χ0v) is 14.7. The van der Waals surface area contributed by atoms with Crippen molar-refractivity contribution in [3.05, 3.63) is 11.5 Å². The third-order valence-electron chi connectivity index (χ3n) is 4.08. The highest BCUT2D eigenvalue weighted by Crippen LogP contribution is 2.19. The van der Waals surface area contributed by atoms with Gasteiger partial charge in [0.25, 0.3) is 0 Å². The van der Waals surface area contributed by atoms with E-state index in [0.717, 1.165) is 12.8 Å². The number of amides is 1. The van der Waals surface area contributed by atoms with Crippen molar-refractivity contribution in [2.24, 2.45) is 0 Å². The van der Waals surface area contributed by atoms with Crippen molar-refractivity contribution in [1.29, 1.82) is 0 Å². The van der Waals surface area contributed by atoms with Crippen molar-refractivity contribution in [3.63, 3.8) is 0 Å². The molecule has 2 N–H and O–H groups in total. The Morgan fingerprint density at radius 2 is 2.13 bits per heavy atom. The number of sulfonamides is 1. The van der Waals surface area contributed by atoms with Gasteiger partial charge in [-0.2, -0.15) is 4.72 Å². The van der Waals surface area contributed by atoms with E-state index in [-0.39, 0.29) is 28.3 Å². The number of aromatic nitrogens is 1. The number of likely N-dealkylation sites (tertiary alicyclic amines) is 1. The van der Waals surface area contributed by atoms with Crippen LogP contribution in [0.4, 0.5) is 0 Å². The standard InChI is InChI=1S/C14H24N4O4S/c1-9-13(11(3)22-16-9)23(20,21)17-10(2)14(19)18-7-5-6-12(8-18)15-4/h10,12,15,17H,5-8H2,1-4H3. The van der Waals surface area contributed by atoms with Crippen molar-refractivity contribution >= 4 is 15.9 Å². The first kappa shape index (κ1) is 17.9. The van der Waals surface area contributed by atoms with Crippen LogP contribution in [0.25, 0.3) is 0 Å². The molecule has 2 heterocycles. The molecule has 2 atom stereocenters. The van der Waals surface area contributed by atoms with Crippen LogP contribution in [0.15, 0.2) is 9.42 Å². The maximum absolute atomic E-state index is 12.5. The Morgan fingerprint density at radius 3 is 2.70 bits per heavy atom. The third-order valence-corrected chi connectivity index (χ3v) is 5.86. The molecule has 1 aromatic heterocycles. The zero-order valence-electron chi connectivity index (χ0n) is 13.9. The van der Waals surface area contributed by atoms with Crippen LogP contribution >= 0.6 is 0 Å². The summed E-state index contributed by atoms with van der Waals surface area (Å²) in [6.07, 6.45) is 1.92. The molecule has 0 saturated carbocycles. The van der Waals surface area contributed by atoms with E-state index >= 15 is 0 Å². The van der Waals surface area contributed by atoms with Crippen molar-refractivity contribution < 1.29 is 17.7 Å². The van der Waals surface area contributed by atoms with Gasteiger partial charge in [-0.25, -0.2) is 8.42 Å². The fourth-order valence-electron chi connectivity index (χ4n) is 2.89. The summed E-state index contributed by atoms with van der Waals surface area (Å²) in [5, 5.41) is 6.81. The Labute approximate surface area is 136 Å². The van der Waals surface area contributed by atoms with Gasteiger partial charge in [-0.05, 0) is 40.7 Å². The lowest BCUT2D eigenvalue weighted by molar-refractivity contribution is -0.133. The number of nitrogens with zero attached hydrogens (tertiary/aromatic N) is 2. The summed E-state index contributed by atoms with van der Waals surface area (Å²) in [5.74, 6) is -0.0110. The number of likely N-dealkylation sites (N-methyl/N-ethyl adjacent to an activating group) is 1. The summed E-state index contributed by atoms with van der Waals surface area (Å²) in [4.78, 5) is 14.2. The Kier molecular flexibility index (Phi) is 5.43. The smallest absolute Gasteiger partial charge is 0.246 e. The summed E-state index contributed by atoms with van der Waals surface area (Å²) in [6, 6.07) is -0.594. The van der Waals surface area contributed by atoms with Gasteiger partial charge in [0, 0.05) is 19.1 Å². The predicted octanol–water partition coefficient (Wildman–Crippen LogP) is 0.169. The minimum Gasteiger partial charge on any atom is -0.360 e. The van der Waals surface area contributed by atoms with Crippen molar-refractivity contribution in [2.45, 2.75) is 50.6 Å². The van der Waals surface area contributed by atoms with Gasteiger partial charge in [-0.15, -0.1) is 0 Å². The van der Waals surface area contributed by atoms with Crippen LogP contribution < -0.4 is 10.0 Å². The van der Waals surface area contributed by atoms with E-state index in [4.69, 9.17) is 4.52 Å². The van der Waals surface area contributed by atoms with Crippen LogP contribution in [0.3, 0.4) is 0 Å². The van der Waals surface area contributed by atoms with E-state index in [0.29, 0.717) is 13.1 Å². The van der Waals surface area contributed by atoms with Gasteiger partial charge in [0.1, 0.15) is 10.6 Å². The third kappa shape index (κ3) is 3.91. The molecule has 23 heavy (non-hydrogen) atoms. The molecule has 130 valence electrons. The molecule has 0 radical (unpaired) electrons. The molecule has 2 rings (SSSR count). The van der Waals surface area contributed by atoms with E-state index in [1.807, 2.05) is 7.05 Å². The highest BCUT2D eigenvalue weighted by Gasteiger charge is 2.31. The molecule has 1 fully saturated rings. The fraction of sp³-hybridized carbons (Fsp3) is 0.714. The quantitative estimate of drug-likeness (QED) is 0.789. The van der Waals surface area contributed by atoms with Crippen LogP contribution in [0.1, 0.15) is 31.2 Å². The van der Waals surface area contributed by atoms with Gasteiger partial charge in [0.05, 0.1) is 6.04 Å². The predicted molar refractivity (Wildman–Crippen MR) is 84.4 cm³/mol. The number of aryl methyl sites for hydroxylation is 2. The monoisotopic (exact) mass is 344 g/mol. The van der Waals surface area contributed by atoms with Crippen molar-refractivity contribution in [3.8, 4) is 0 Å². The van der Waals surface area contributed by atoms with Gasteiger partial charge in [0.2, 0.25) is 15.9 Å². The molecule has 0 spiro atoms. The SMILES string of the molecule is CNC1CCCN(C(=O)C(C)NS(=O)(=O)c2c(C)noc2C)C1. The number of carbonyl (C=O) groups excluding carboxylic acids is 1. The molecule has 9 heteroatoms. The number of hydrogen-bond acceptors (Lipinski definition) is 6. The van der Waals surface area contributed by atoms with Gasteiger partial charge in [0.15, 0.2) is 5.76 Å². The molecule has 1 saturated heterocycles. The second-order valence-electron chi connectivity index (χ2n) is 5.91. The van der Waals surface area contributed by atoms with Crippen LogP contribution in [0.5, 0.6) is 0 Å². The Bertz CT molecular complexity index is 651. The van der Waals surface area contributed by atoms with Crippen LogP contribution in [-0.4, -0.2) is 56.6 Å². The summed E-state index contributed by atoms with van der Waals surface area (Å²) >= 11 is 0. The van der Waals surface area contributed by atoms with Gasteiger partial charge in [-0.1, -0.05) is 5.16 Å². The van der Waals surface area contributed by atoms with Crippen molar-refractivity contribution in [1.82, 2.24) is 20.1 Å². The molecule has 1 amide bonds. The van der Waals surface area contributed by atoms with E-state index in [2.05, 4.69) is 15.2 Å². The van der Waals surface area contributed by atoms with Crippen LogP contribution in [0, 0.1) is 13.8 Å². The first-order valence-corrected chi connectivity index (χ1v) is 9.16. The molecule has 1 aliphatic rings. The van der Waals surface area contributed by atoms with E-state index in [9.17, 15) is 13.2 Å². The zero-order chi connectivity index (χ0) is 17.2. The minimum absolute atomic E-state index is 0.00361. The molecular formula is C14H24N4O4S. The lowest BCUT2D eigenvalue weighted by Gasteiger charge is -2.34. The molecule has 0 aliphatic carbocycles. The summed E-state index contributed by atoms with van der Waals surface area (Å²) < 4.78 is 32.2. The number of hydrogen-bond donors (Lipinski definition) is 2. The maximum Gasteiger partial charge on any atom is 0.246 e. The van der Waals surface area contributed by atoms with E-state index in [1.165, 1.54) is 6.92 Å². The molecule has 8 nitrogen and oxygen atoms in total. The average Bonchev–Trinajstić information content (AvgIpc) is 2.85. The van der Waals surface area contributed by atoms with Gasteiger partial charge < -0.3 is 14.7 Å². The highest BCUT2D eigenvalue weighted by atomic mass is 32.2. The second-order valence-corrected chi connectivity index (χ2v) is 7.56. The van der Waals surface area contributed by atoms with Crippen LogP contribution in [0.2, 0.25) is 0 Å². The molecule has 2 unspecified atom stereocenters. The fourth-order valence-corrected chi connectivity index (χ4v) is 4.41. The van der Waals surface area contributed by atoms with Gasteiger partial charge >= 0.3 is 0 Å². The first-order valence-electron chi connectivity index (χ1n) is 7.67. The molecule has 1 aliphatic heterocycles. The number of carbonyl (C=O) groups is 1. The lowest BCUT2D eigenvalue weighted by atomic mass is 10.1. The van der Waals surface area contributed by atoms with E-state index < -0.39 is 16.1 Å². The summed E-state index contributed by atoms with van der Waals surface area (Å²) in [7, 11) is -1.99. The van der Waals surface area contributed by atoms with Gasteiger partial charge in [-0.3, -0.25) is 4.79 Å². The summed E-state index contributed by atoms with van der Waals surface area (Å²) in [6.45, 7) is 5.88. The molecule has 1 aromatic rings. The number of piperidine rings is 1. The van der Waals surface area contributed by atoms with E-state index in [1.54, 1.807) is 18.7 Å². The molecular weight excluding hydrogens is 320 g/mol. The average molecular weight is 344 g/mol. The topological polar surface area (TPSA) is 105 Å². The largest absolute Gasteiger partial charge is 0.360 e. The Morgan fingerprint density at radius 1 is 1.43 bits per heavy atom. The van der Waals surface area contributed by atoms with Crippen LogP contribution in [-0.2, 0) is 14.8 Å². The summed E-state index contributed by atoms with van der Waals surface area (Å²) in [5.41, 5.74) is 0.280. The minimum atomic E-state index is -3.85. The van der Waals surface area contributed by atoms with Crippen molar-refractivity contribution in [2.75, 3.05) is 20.1 Å². The first-order chi connectivity index (χ1) is 10.8. The molecule has 0 bridgehead atoms. The number of rotatable bonds is 5.